The molecule has 2 aliphatic carbocycles. The fourth-order valence-corrected chi connectivity index (χ4v) is 5.69. The summed E-state index contributed by atoms with van der Waals surface area (Å²) in [6.45, 7) is 8.69. The van der Waals surface area contributed by atoms with Crippen LogP contribution < -0.4 is 4.74 Å². The van der Waals surface area contributed by atoms with E-state index in [0.717, 1.165) is 24.5 Å². The van der Waals surface area contributed by atoms with Crippen molar-refractivity contribution in [3.63, 3.8) is 0 Å². The molecule has 3 aliphatic rings. The molecule has 0 spiro atoms. The van der Waals surface area contributed by atoms with Gasteiger partial charge in [-0.1, -0.05) is 64.4 Å². The summed E-state index contributed by atoms with van der Waals surface area (Å²) in [5.74, 6) is 2.68. The number of hydrogen-bond donors (Lipinski definition) is 1. The zero-order valence-electron chi connectivity index (χ0n) is 21.5. The smallest absolute Gasteiger partial charge is 0.126 e. The van der Waals surface area contributed by atoms with Crippen molar-refractivity contribution >= 4 is 6.21 Å². The highest BCUT2D eigenvalue weighted by Crippen LogP contribution is 2.60. The third-order valence-electron chi connectivity index (χ3n) is 7.74. The van der Waals surface area contributed by atoms with E-state index in [9.17, 15) is 5.11 Å². The first kappa shape index (κ1) is 25.0. The fraction of sp³-hybridized carbons (Fsp3) is 0.581. The van der Waals surface area contributed by atoms with E-state index >= 15 is 0 Å². The Balaban J connectivity index is 0.000000868. The van der Waals surface area contributed by atoms with Crippen molar-refractivity contribution in [3.8, 4) is 5.75 Å². The average Bonchev–Trinajstić information content (AvgIpc) is 3.59. The van der Waals surface area contributed by atoms with Crippen molar-refractivity contribution in [1.29, 1.82) is 0 Å². The first-order valence-corrected chi connectivity index (χ1v) is 13.5. The molecule has 0 saturated heterocycles. The summed E-state index contributed by atoms with van der Waals surface area (Å²) in [6.07, 6.45) is 11.2. The molecule has 0 radical (unpaired) electrons. The van der Waals surface area contributed by atoms with E-state index in [1.807, 2.05) is 0 Å². The van der Waals surface area contributed by atoms with Crippen molar-refractivity contribution in [2.24, 2.45) is 16.8 Å². The Kier molecular flexibility index (Phi) is 8.14. The zero-order valence-corrected chi connectivity index (χ0v) is 21.5. The Morgan fingerprint density at radius 1 is 1.03 bits per heavy atom. The molecule has 2 saturated carbocycles. The van der Waals surface area contributed by atoms with E-state index in [1.165, 1.54) is 55.2 Å². The maximum Gasteiger partial charge on any atom is 0.126 e. The van der Waals surface area contributed by atoms with Crippen molar-refractivity contribution in [1.82, 2.24) is 0 Å². The molecule has 3 heteroatoms. The van der Waals surface area contributed by atoms with Gasteiger partial charge in [-0.3, -0.25) is 4.99 Å². The normalized spacial score (nSPS) is 27.8. The summed E-state index contributed by atoms with van der Waals surface area (Å²) < 4.78 is 6.52. The van der Waals surface area contributed by atoms with Crippen LogP contribution in [0.2, 0.25) is 0 Å². The van der Waals surface area contributed by atoms with Crippen molar-refractivity contribution in [2.45, 2.75) is 103 Å². The number of aliphatic hydroxyl groups is 1. The minimum atomic E-state index is -0.0633. The van der Waals surface area contributed by atoms with Crippen LogP contribution in [0.3, 0.4) is 0 Å². The predicted molar refractivity (Wildman–Crippen MR) is 142 cm³/mol. The number of hydrogen-bond acceptors (Lipinski definition) is 3. The fourth-order valence-electron chi connectivity index (χ4n) is 5.69. The first-order valence-electron chi connectivity index (χ1n) is 13.5. The van der Waals surface area contributed by atoms with Crippen LogP contribution in [0.5, 0.6) is 5.75 Å². The number of fused-ring (bicyclic) bond motifs is 3. The van der Waals surface area contributed by atoms with Gasteiger partial charge in [0, 0.05) is 12.1 Å². The van der Waals surface area contributed by atoms with Crippen LogP contribution in [0.25, 0.3) is 0 Å². The molecule has 3 atom stereocenters. The third kappa shape index (κ3) is 5.74. The van der Waals surface area contributed by atoms with Crippen LogP contribution in [-0.4, -0.2) is 23.0 Å². The Labute approximate surface area is 206 Å². The highest BCUT2D eigenvalue weighted by molar-refractivity contribution is 5.86. The quantitative estimate of drug-likeness (QED) is 0.456. The Morgan fingerprint density at radius 2 is 1.74 bits per heavy atom. The number of ether oxygens (including phenoxy) is 1. The standard InChI is InChI=1S/C28H35NO2.C3H8/c1-19(2)27(21-6-4-3-5-7-21)31-24-13-10-22-18-29-28(17-26(28)25(22)16-24)15-14-20-8-11-23(30)12-9-20;1-3-2/h3-7,10,13,16,18-20,23,26-27,30H,8-9,11-12,14-15,17H2,1-2H3;3H2,1-2H3/t20?,23?,26?,27-,28?;/m0./s1. The zero-order chi connectivity index (χ0) is 24.1. The van der Waals surface area contributed by atoms with Crippen molar-refractivity contribution < 1.29 is 9.84 Å². The van der Waals surface area contributed by atoms with Gasteiger partial charge in [-0.25, -0.2) is 0 Å². The number of rotatable bonds is 7. The van der Waals surface area contributed by atoms with Crippen LogP contribution >= 0.6 is 0 Å². The second-order valence-electron chi connectivity index (χ2n) is 11.0. The highest BCUT2D eigenvalue weighted by atomic mass is 16.5. The Morgan fingerprint density at radius 3 is 2.41 bits per heavy atom. The Hall–Kier alpha value is -2.13. The van der Waals surface area contributed by atoms with Gasteiger partial charge < -0.3 is 9.84 Å². The van der Waals surface area contributed by atoms with Crippen LogP contribution in [0.4, 0.5) is 0 Å². The molecule has 2 unspecified atom stereocenters. The maximum atomic E-state index is 9.77. The summed E-state index contributed by atoms with van der Waals surface area (Å²) in [6, 6.07) is 17.1. The lowest BCUT2D eigenvalue weighted by atomic mass is 9.83. The lowest BCUT2D eigenvalue weighted by Gasteiger charge is -2.27. The third-order valence-corrected chi connectivity index (χ3v) is 7.74. The average molecular weight is 462 g/mol. The van der Waals surface area contributed by atoms with E-state index in [2.05, 4.69) is 82.4 Å². The molecule has 0 bridgehead atoms. The van der Waals surface area contributed by atoms with E-state index in [4.69, 9.17) is 9.73 Å². The van der Waals surface area contributed by atoms with Crippen LogP contribution in [0, 0.1) is 11.8 Å². The second kappa shape index (κ2) is 11.1. The lowest BCUT2D eigenvalue weighted by molar-refractivity contribution is 0.105. The van der Waals surface area contributed by atoms with Gasteiger partial charge in [-0.15, -0.1) is 0 Å². The lowest BCUT2D eigenvalue weighted by Crippen LogP contribution is -2.21. The van der Waals surface area contributed by atoms with Crippen molar-refractivity contribution in [3.05, 3.63) is 65.2 Å². The molecule has 1 heterocycles. The van der Waals surface area contributed by atoms with Gasteiger partial charge in [0.25, 0.3) is 0 Å². The van der Waals surface area contributed by atoms with E-state index in [-0.39, 0.29) is 17.7 Å². The minimum Gasteiger partial charge on any atom is -0.485 e. The largest absolute Gasteiger partial charge is 0.485 e. The van der Waals surface area contributed by atoms with Crippen LogP contribution in [-0.2, 0) is 0 Å². The predicted octanol–water partition coefficient (Wildman–Crippen LogP) is 7.87. The molecule has 1 N–H and O–H groups in total. The molecule has 3 nitrogen and oxygen atoms in total. The van der Waals surface area contributed by atoms with Crippen LogP contribution in [0.1, 0.15) is 108 Å². The summed E-state index contributed by atoms with van der Waals surface area (Å²) >= 11 is 0. The molecule has 2 fully saturated rings. The molecule has 2 aromatic carbocycles. The summed E-state index contributed by atoms with van der Waals surface area (Å²) in [5.41, 5.74) is 4.03. The van der Waals surface area contributed by atoms with E-state index < -0.39 is 0 Å². The number of nitrogens with zero attached hydrogens (tertiary/aromatic N) is 1. The summed E-state index contributed by atoms with van der Waals surface area (Å²) in [5, 5.41) is 9.77. The van der Waals surface area contributed by atoms with Gasteiger partial charge in [-0.05, 0) is 91.7 Å². The first-order chi connectivity index (χ1) is 16.5. The molecule has 0 aromatic heterocycles. The highest BCUT2D eigenvalue weighted by Gasteiger charge is 2.56. The van der Waals surface area contributed by atoms with E-state index in [0.29, 0.717) is 11.8 Å². The number of benzene rings is 2. The monoisotopic (exact) mass is 461 g/mol. The van der Waals surface area contributed by atoms with Crippen molar-refractivity contribution in [2.75, 3.05) is 0 Å². The summed E-state index contributed by atoms with van der Waals surface area (Å²) in [4.78, 5) is 5.03. The SMILES string of the molecule is CC(C)[C@H](Oc1ccc2c(c1)C1CC1(CCC1CCC(O)CC1)N=C2)c1ccccc1.CCC. The molecular formula is C31H43NO2. The number of aliphatic hydroxyl groups excluding tert-OH is 1. The van der Waals surface area contributed by atoms with Gasteiger partial charge in [0.15, 0.2) is 0 Å². The molecule has 0 amide bonds. The van der Waals surface area contributed by atoms with Gasteiger partial charge in [0.05, 0.1) is 11.6 Å². The molecule has 184 valence electrons. The molecule has 1 aliphatic heterocycles. The van der Waals surface area contributed by atoms with Crippen LogP contribution in [0.15, 0.2) is 53.5 Å². The molecule has 5 rings (SSSR count). The topological polar surface area (TPSA) is 41.8 Å². The molecule has 34 heavy (non-hydrogen) atoms. The van der Waals surface area contributed by atoms with Gasteiger partial charge in [0.1, 0.15) is 11.9 Å². The van der Waals surface area contributed by atoms with Gasteiger partial charge in [-0.2, -0.15) is 0 Å². The van der Waals surface area contributed by atoms with Gasteiger partial charge in [0.2, 0.25) is 0 Å². The minimum absolute atomic E-state index is 0.0575. The second-order valence-corrected chi connectivity index (χ2v) is 11.0. The summed E-state index contributed by atoms with van der Waals surface area (Å²) in [7, 11) is 0. The van der Waals surface area contributed by atoms with E-state index in [1.54, 1.807) is 0 Å². The molecule has 2 aromatic rings. The van der Waals surface area contributed by atoms with Gasteiger partial charge >= 0.3 is 0 Å². The molecular weight excluding hydrogens is 418 g/mol. The Bertz CT molecular complexity index is 945. The number of aliphatic imine (C=N–C) groups is 1. The maximum absolute atomic E-state index is 9.77.